The van der Waals surface area contributed by atoms with Gasteiger partial charge in [0.05, 0.1) is 0 Å². The summed E-state index contributed by atoms with van der Waals surface area (Å²) in [7, 11) is 0. The van der Waals surface area contributed by atoms with E-state index in [1.165, 1.54) is 5.57 Å². The lowest BCUT2D eigenvalue weighted by Crippen LogP contribution is -2.51. The van der Waals surface area contributed by atoms with Crippen molar-refractivity contribution in [2.75, 3.05) is 0 Å². The maximum Gasteiger partial charge on any atom is 0.155 e. The molecule has 3 fully saturated rings. The number of allylic oxidation sites excluding steroid dienone is 1. The number of halogens is 1. The first-order valence-corrected chi connectivity index (χ1v) is 10.4. The average molecular weight is 436 g/mol. The number of hydrogen-bond acceptors (Lipinski definition) is 2. The lowest BCUT2D eigenvalue weighted by molar-refractivity contribution is -0.132. The molecule has 0 N–H and O–H groups in total. The van der Waals surface area contributed by atoms with Crippen LogP contribution in [-0.2, 0) is 9.59 Å². The molecule has 0 aromatic rings. The fourth-order valence-electron chi connectivity index (χ4n) is 6.66. The van der Waals surface area contributed by atoms with Gasteiger partial charge in [0.25, 0.3) is 0 Å². The molecule has 0 radical (unpaired) electrons. The summed E-state index contributed by atoms with van der Waals surface area (Å²) >= 11 is 2.13. The first kappa shape index (κ1) is 16.8. The molecule has 0 bridgehead atoms. The van der Waals surface area contributed by atoms with E-state index in [0.29, 0.717) is 35.7 Å². The second-order valence-corrected chi connectivity index (χ2v) is 9.11. The smallest absolute Gasteiger partial charge is 0.155 e. The molecule has 0 aliphatic heterocycles. The third kappa shape index (κ3) is 2.28. The number of Topliss-reactive ketones (excluding diaryl/α,β-unsaturated/α-hetero) is 1. The lowest BCUT2D eigenvalue weighted by Gasteiger charge is -2.57. The Morgan fingerprint density at radius 3 is 2.75 bits per heavy atom. The molecule has 4 aliphatic carbocycles. The molecule has 0 aromatic heterocycles. The molecule has 5 atom stereocenters. The number of carbonyl (C=O) groups is 2. The third-order valence-electron chi connectivity index (χ3n) is 7.87. The van der Waals surface area contributed by atoms with E-state index in [1.54, 1.807) is 0 Å². The maximum atomic E-state index is 12.5. The zero-order valence-corrected chi connectivity index (χ0v) is 16.5. The van der Waals surface area contributed by atoms with Gasteiger partial charge in [-0.15, -0.1) is 0 Å². The minimum Gasteiger partial charge on any atom is -0.299 e. The van der Waals surface area contributed by atoms with Crippen LogP contribution < -0.4 is 0 Å². The van der Waals surface area contributed by atoms with E-state index in [-0.39, 0.29) is 10.8 Å². The summed E-state index contributed by atoms with van der Waals surface area (Å²) in [5.41, 5.74) is 1.43. The van der Waals surface area contributed by atoms with E-state index in [4.69, 9.17) is 0 Å². The minimum absolute atomic E-state index is 0.0665. The zero-order valence-electron chi connectivity index (χ0n) is 14.4. The van der Waals surface area contributed by atoms with Gasteiger partial charge in [0, 0.05) is 52.7 Å². The van der Waals surface area contributed by atoms with Crippen LogP contribution in [0.5, 0.6) is 0 Å². The van der Waals surface area contributed by atoms with Crippen LogP contribution in [-0.4, -0.2) is 11.6 Å². The summed E-state index contributed by atoms with van der Waals surface area (Å²) in [5, 5.41) is 0. The molecule has 3 heteroatoms. The van der Waals surface area contributed by atoms with E-state index in [9.17, 15) is 9.59 Å². The van der Waals surface area contributed by atoms with Crippen LogP contribution in [0.2, 0.25) is 0 Å². The molecule has 0 unspecified atom stereocenters. The molecule has 0 aromatic carbocycles. The van der Waals surface area contributed by atoms with E-state index in [1.807, 2.05) is 6.08 Å². The Labute approximate surface area is 158 Å². The van der Waals surface area contributed by atoms with E-state index in [2.05, 4.69) is 39.4 Å². The Morgan fingerprint density at radius 1 is 1.12 bits per heavy atom. The van der Waals surface area contributed by atoms with Crippen molar-refractivity contribution in [3.63, 3.8) is 0 Å². The Hall–Kier alpha value is -0.630. The van der Waals surface area contributed by atoms with Gasteiger partial charge in [0.15, 0.2) is 5.78 Å². The quantitative estimate of drug-likeness (QED) is 0.435. The number of rotatable bonds is 1. The highest BCUT2D eigenvalue weighted by Gasteiger charge is 2.59. The Morgan fingerprint density at radius 2 is 1.96 bits per heavy atom. The van der Waals surface area contributed by atoms with Crippen molar-refractivity contribution in [1.29, 1.82) is 0 Å². The normalized spacial score (nSPS) is 43.9. The number of ketones is 2. The molecule has 2 nitrogen and oxygen atoms in total. The number of carbonyl (C=O) groups excluding carboxylic acids is 2. The number of fused-ring (bicyclic) bond motifs is 5. The van der Waals surface area contributed by atoms with Crippen LogP contribution in [0.25, 0.3) is 0 Å². The monoisotopic (exact) mass is 436 g/mol. The lowest BCUT2D eigenvalue weighted by atomic mass is 9.46. The van der Waals surface area contributed by atoms with Gasteiger partial charge in [-0.2, -0.15) is 0 Å². The van der Waals surface area contributed by atoms with Crippen LogP contribution >= 0.6 is 22.6 Å². The van der Waals surface area contributed by atoms with Gasteiger partial charge in [-0.3, -0.25) is 9.59 Å². The standard InChI is InChI=1S/C21H25IO2/c1-20-10-8-18-16(17(20)5-6-19(20)24)4-3-14-13-15(23)7-11-21(14,18)9-2-12-22/h13,16-18H,3-11H2,1H3/t16-,17-,18-,20-,21-/m0/s1. The van der Waals surface area contributed by atoms with Gasteiger partial charge < -0.3 is 0 Å². The largest absolute Gasteiger partial charge is 0.299 e. The molecular weight excluding hydrogens is 411 g/mol. The highest BCUT2D eigenvalue weighted by atomic mass is 127. The van der Waals surface area contributed by atoms with Crippen molar-refractivity contribution in [3.8, 4) is 9.85 Å². The van der Waals surface area contributed by atoms with Gasteiger partial charge >= 0.3 is 0 Å². The summed E-state index contributed by atoms with van der Waals surface area (Å²) in [4.78, 5) is 24.5. The molecule has 0 saturated heterocycles. The van der Waals surface area contributed by atoms with Gasteiger partial charge in [0.1, 0.15) is 5.78 Å². The average Bonchev–Trinajstić information content (AvgIpc) is 2.88. The Kier molecular flexibility index (Phi) is 4.18. The fourth-order valence-corrected chi connectivity index (χ4v) is 6.85. The summed E-state index contributed by atoms with van der Waals surface area (Å²) < 4.78 is 3.06. The number of hydrogen-bond donors (Lipinski definition) is 0. The topological polar surface area (TPSA) is 34.1 Å². The van der Waals surface area contributed by atoms with Crippen molar-refractivity contribution in [2.24, 2.45) is 28.6 Å². The minimum atomic E-state index is -0.0665. The van der Waals surface area contributed by atoms with Gasteiger partial charge in [-0.05, 0) is 66.3 Å². The zero-order chi connectivity index (χ0) is 16.9. The predicted octanol–water partition coefficient (Wildman–Crippen LogP) is 4.85. The molecule has 0 spiro atoms. The van der Waals surface area contributed by atoms with Crippen LogP contribution in [0.15, 0.2) is 11.6 Å². The molecule has 4 rings (SSSR count). The molecule has 3 saturated carbocycles. The first-order chi connectivity index (χ1) is 11.5. The van der Waals surface area contributed by atoms with Crippen molar-refractivity contribution >= 4 is 34.2 Å². The van der Waals surface area contributed by atoms with Crippen LogP contribution in [0.4, 0.5) is 0 Å². The van der Waals surface area contributed by atoms with E-state index in [0.717, 1.165) is 51.4 Å². The highest BCUT2D eigenvalue weighted by molar-refractivity contribution is 14.1. The summed E-state index contributed by atoms with van der Waals surface area (Å²) in [6.45, 7) is 2.23. The van der Waals surface area contributed by atoms with Crippen molar-refractivity contribution < 1.29 is 9.59 Å². The second kappa shape index (κ2) is 5.97. The van der Waals surface area contributed by atoms with E-state index < -0.39 is 0 Å². The molecule has 0 heterocycles. The molecule has 4 aliphatic rings. The molecule has 128 valence electrons. The molecule has 24 heavy (non-hydrogen) atoms. The summed E-state index contributed by atoms with van der Waals surface area (Å²) in [6, 6.07) is 0. The van der Waals surface area contributed by atoms with Crippen molar-refractivity contribution in [1.82, 2.24) is 0 Å². The summed E-state index contributed by atoms with van der Waals surface area (Å²) in [5.74, 6) is 5.99. The van der Waals surface area contributed by atoms with Crippen LogP contribution in [0, 0.1) is 38.4 Å². The van der Waals surface area contributed by atoms with Crippen LogP contribution in [0.3, 0.4) is 0 Å². The van der Waals surface area contributed by atoms with Crippen LogP contribution in [0.1, 0.15) is 64.7 Å². The van der Waals surface area contributed by atoms with Gasteiger partial charge in [0.2, 0.25) is 0 Å². The van der Waals surface area contributed by atoms with E-state index >= 15 is 0 Å². The van der Waals surface area contributed by atoms with Gasteiger partial charge in [-0.25, -0.2) is 0 Å². The highest BCUT2D eigenvalue weighted by Crippen LogP contribution is 2.65. The third-order valence-corrected chi connectivity index (χ3v) is 8.25. The fraction of sp³-hybridized carbons (Fsp3) is 0.714. The first-order valence-electron chi connectivity index (χ1n) is 9.37. The SMILES string of the molecule is C[C@]12CC[C@H]3[C@@H](CCC4=CC(=O)CC[C@@]43CC#CI)[C@@H]1CCC2=O. The van der Waals surface area contributed by atoms with Crippen molar-refractivity contribution in [3.05, 3.63) is 11.6 Å². The Bertz CT molecular complexity index is 682. The molecule has 0 amide bonds. The molecular formula is C21H25IO2. The Balaban J connectivity index is 1.74. The maximum absolute atomic E-state index is 12.5. The predicted molar refractivity (Wildman–Crippen MR) is 102 cm³/mol. The van der Waals surface area contributed by atoms with Gasteiger partial charge in [-0.1, -0.05) is 18.4 Å². The summed E-state index contributed by atoms with van der Waals surface area (Å²) in [6.07, 6.45) is 10.8. The second-order valence-electron chi connectivity index (χ2n) is 8.57. The van der Waals surface area contributed by atoms with Crippen molar-refractivity contribution in [2.45, 2.75) is 64.7 Å².